The maximum Gasteiger partial charge on any atom is 0.310 e. The number of esters is 3. The van der Waals surface area contributed by atoms with Gasteiger partial charge in [-0.2, -0.15) is 0 Å². The fourth-order valence-electron chi connectivity index (χ4n) is 1.93. The van der Waals surface area contributed by atoms with E-state index in [1.807, 2.05) is 60.7 Å². The highest BCUT2D eigenvalue weighted by Crippen LogP contribution is 1.99. The van der Waals surface area contributed by atoms with Crippen LogP contribution in [0.3, 0.4) is 0 Å². The van der Waals surface area contributed by atoms with Gasteiger partial charge < -0.3 is 14.6 Å². The lowest BCUT2D eigenvalue weighted by Crippen LogP contribution is -2.03. The first-order valence-electron chi connectivity index (χ1n) is 9.39. The summed E-state index contributed by atoms with van der Waals surface area (Å²) in [7, 11) is 0. The van der Waals surface area contributed by atoms with Crippen molar-refractivity contribution in [1.29, 1.82) is 0 Å². The monoisotopic (exact) mass is 488 g/mol. The zero-order valence-electron chi connectivity index (χ0n) is 18.1. The Morgan fingerprint density at radius 1 is 0.750 bits per heavy atom. The summed E-state index contributed by atoms with van der Waals surface area (Å²) in [6.45, 7) is 4.50. The van der Waals surface area contributed by atoms with E-state index in [0.29, 0.717) is 6.61 Å². The molecule has 8 heteroatoms. The molecule has 180 valence electrons. The Balaban J connectivity index is -0.000000377. The Bertz CT molecular complexity index is 697. The molecular formula is C24H34Cl2O6. The molecule has 0 atom stereocenters. The van der Waals surface area contributed by atoms with Crippen molar-refractivity contribution in [3.63, 3.8) is 0 Å². The van der Waals surface area contributed by atoms with Crippen molar-refractivity contribution >= 4 is 41.1 Å². The van der Waals surface area contributed by atoms with E-state index in [1.165, 1.54) is 31.9 Å². The number of aliphatic hydroxyl groups is 1. The third-order valence-corrected chi connectivity index (χ3v) is 3.07. The van der Waals surface area contributed by atoms with Crippen LogP contribution in [0, 0.1) is 0 Å². The summed E-state index contributed by atoms with van der Waals surface area (Å²) in [6, 6.07) is 19.9. The van der Waals surface area contributed by atoms with Gasteiger partial charge in [0.25, 0.3) is 0 Å². The van der Waals surface area contributed by atoms with Crippen molar-refractivity contribution in [3.8, 4) is 0 Å². The number of carbonyl (C=O) groups is 3. The van der Waals surface area contributed by atoms with E-state index in [0.717, 1.165) is 12.8 Å². The minimum atomic E-state index is -0.562. The summed E-state index contributed by atoms with van der Waals surface area (Å²) >= 11 is 9.53. The van der Waals surface area contributed by atoms with Crippen molar-refractivity contribution in [2.75, 3.05) is 18.6 Å². The molecule has 32 heavy (non-hydrogen) atoms. The van der Waals surface area contributed by atoms with Crippen LogP contribution in [0.2, 0.25) is 0 Å². The van der Waals surface area contributed by atoms with Gasteiger partial charge in [-0.25, -0.2) is 0 Å². The zero-order valence-corrected chi connectivity index (χ0v) is 19.6. The SMILES string of the molecule is C.CC(=O)OC(C)=O.CC(=O)OCCc1ccccc1.ClCCl.OCCc1ccccc1. The molecule has 0 amide bonds. The van der Waals surface area contributed by atoms with Gasteiger partial charge in [-0.15, -0.1) is 23.2 Å². The summed E-state index contributed by atoms with van der Waals surface area (Å²) in [5, 5.41) is 8.71. The molecule has 0 radical (unpaired) electrons. The third kappa shape index (κ3) is 27.6. The summed E-state index contributed by atoms with van der Waals surface area (Å²) in [5.41, 5.74) is 2.39. The van der Waals surface area contributed by atoms with Crippen molar-refractivity contribution in [2.24, 2.45) is 0 Å². The zero-order chi connectivity index (χ0) is 23.9. The predicted molar refractivity (Wildman–Crippen MR) is 130 cm³/mol. The molecule has 2 aromatic carbocycles. The Labute approximate surface area is 201 Å². The van der Waals surface area contributed by atoms with Gasteiger partial charge in [-0.05, 0) is 17.5 Å². The maximum atomic E-state index is 10.4. The fourth-order valence-corrected chi connectivity index (χ4v) is 1.93. The number of alkyl halides is 2. The van der Waals surface area contributed by atoms with Crippen LogP contribution in [-0.4, -0.2) is 41.6 Å². The van der Waals surface area contributed by atoms with E-state index in [1.54, 1.807) is 0 Å². The molecule has 2 rings (SSSR count). The van der Waals surface area contributed by atoms with Gasteiger partial charge in [-0.1, -0.05) is 68.1 Å². The van der Waals surface area contributed by atoms with Crippen molar-refractivity contribution < 1.29 is 29.0 Å². The number of benzene rings is 2. The highest BCUT2D eigenvalue weighted by molar-refractivity contribution is 6.40. The predicted octanol–water partition coefficient (Wildman–Crippen LogP) is 5.17. The second-order valence-corrected chi connectivity index (χ2v) is 6.53. The highest BCUT2D eigenvalue weighted by Gasteiger charge is 1.94. The lowest BCUT2D eigenvalue weighted by atomic mass is 10.2. The van der Waals surface area contributed by atoms with E-state index >= 15 is 0 Å². The van der Waals surface area contributed by atoms with Crippen LogP contribution in [0.15, 0.2) is 60.7 Å². The van der Waals surface area contributed by atoms with Crippen molar-refractivity contribution in [1.82, 2.24) is 0 Å². The van der Waals surface area contributed by atoms with E-state index in [4.69, 9.17) is 33.0 Å². The number of halogens is 2. The Kier molecular flexibility index (Phi) is 26.6. The highest BCUT2D eigenvalue weighted by atomic mass is 35.5. The van der Waals surface area contributed by atoms with E-state index in [-0.39, 0.29) is 25.3 Å². The van der Waals surface area contributed by atoms with Crippen LogP contribution in [0.1, 0.15) is 39.3 Å². The van der Waals surface area contributed by atoms with Gasteiger partial charge in [-0.3, -0.25) is 14.4 Å². The first kappa shape index (κ1) is 34.2. The van der Waals surface area contributed by atoms with Gasteiger partial charge in [0.2, 0.25) is 0 Å². The lowest BCUT2D eigenvalue weighted by molar-refractivity contribution is -0.156. The Morgan fingerprint density at radius 3 is 1.41 bits per heavy atom. The van der Waals surface area contributed by atoms with Gasteiger partial charge >= 0.3 is 17.9 Å². The average molecular weight is 489 g/mol. The standard InChI is InChI=1S/C10H12O2.C8H10O.C4H6O3.CH2Cl2.CH4/c1-9(11)12-8-7-10-5-3-2-4-6-10;9-7-6-8-4-2-1-3-5-8;1-3(5)7-4(2)6;2-1-3;/h2-6H,7-8H2,1H3;1-5,9H,6-7H2;1-2H3;1H2;1H4. The van der Waals surface area contributed by atoms with Gasteiger partial charge in [0, 0.05) is 33.8 Å². The van der Waals surface area contributed by atoms with Crippen LogP contribution in [-0.2, 0) is 36.7 Å². The Morgan fingerprint density at radius 2 is 1.12 bits per heavy atom. The van der Waals surface area contributed by atoms with E-state index < -0.39 is 11.9 Å². The fraction of sp³-hybridized carbons (Fsp3) is 0.375. The quantitative estimate of drug-likeness (QED) is 0.354. The summed E-state index contributed by atoms with van der Waals surface area (Å²) < 4.78 is 8.78. The minimum absolute atomic E-state index is 0. The molecule has 2 aromatic rings. The number of rotatable bonds is 5. The summed E-state index contributed by atoms with van der Waals surface area (Å²) in [5.74, 6) is -1.34. The van der Waals surface area contributed by atoms with Crippen LogP contribution < -0.4 is 0 Å². The molecule has 0 fully saturated rings. The molecule has 0 bridgehead atoms. The molecular weight excluding hydrogens is 455 g/mol. The van der Waals surface area contributed by atoms with Crippen LogP contribution in [0.5, 0.6) is 0 Å². The molecule has 0 heterocycles. The molecule has 6 nitrogen and oxygen atoms in total. The second-order valence-electron chi connectivity index (χ2n) is 5.72. The molecule has 0 aliphatic carbocycles. The lowest BCUT2D eigenvalue weighted by Gasteiger charge is -2.00. The van der Waals surface area contributed by atoms with Crippen molar-refractivity contribution in [2.45, 2.75) is 41.0 Å². The van der Waals surface area contributed by atoms with Crippen LogP contribution in [0.4, 0.5) is 0 Å². The number of hydrogen-bond donors (Lipinski definition) is 1. The summed E-state index contributed by atoms with van der Waals surface area (Å²) in [4.78, 5) is 30.0. The molecule has 0 unspecified atom stereocenters. The molecule has 0 saturated carbocycles. The second kappa shape index (κ2) is 24.9. The van der Waals surface area contributed by atoms with Crippen LogP contribution in [0.25, 0.3) is 0 Å². The maximum absolute atomic E-state index is 10.4. The number of aliphatic hydroxyl groups excluding tert-OH is 1. The minimum Gasteiger partial charge on any atom is -0.466 e. The van der Waals surface area contributed by atoms with Gasteiger partial charge in [0.05, 0.1) is 11.9 Å². The first-order chi connectivity index (χ1) is 14.8. The molecule has 1 N–H and O–H groups in total. The third-order valence-electron chi connectivity index (χ3n) is 3.07. The largest absolute Gasteiger partial charge is 0.466 e. The normalized spacial score (nSPS) is 8.44. The van der Waals surface area contributed by atoms with Crippen LogP contribution >= 0.6 is 23.2 Å². The van der Waals surface area contributed by atoms with E-state index in [9.17, 15) is 14.4 Å². The molecule has 0 saturated heterocycles. The number of carbonyl (C=O) groups excluding carboxylic acids is 3. The topological polar surface area (TPSA) is 89.9 Å². The number of hydrogen-bond acceptors (Lipinski definition) is 6. The average Bonchev–Trinajstić information content (AvgIpc) is 2.70. The van der Waals surface area contributed by atoms with Gasteiger partial charge in [0.1, 0.15) is 0 Å². The molecule has 0 aliphatic heterocycles. The van der Waals surface area contributed by atoms with Crippen molar-refractivity contribution in [3.05, 3.63) is 71.8 Å². The number of ether oxygens (including phenoxy) is 2. The van der Waals surface area contributed by atoms with E-state index in [2.05, 4.69) is 4.74 Å². The first-order valence-corrected chi connectivity index (χ1v) is 10.5. The van der Waals surface area contributed by atoms with Gasteiger partial charge in [0.15, 0.2) is 0 Å². The molecule has 0 spiro atoms. The Hall–Kier alpha value is -2.41. The summed E-state index contributed by atoms with van der Waals surface area (Å²) in [6.07, 6.45) is 1.56. The smallest absolute Gasteiger partial charge is 0.310 e. The molecule has 0 aromatic heterocycles. The molecule has 0 aliphatic rings.